The van der Waals surface area contributed by atoms with E-state index in [-0.39, 0.29) is 4.90 Å². The van der Waals surface area contributed by atoms with Gasteiger partial charge in [0.25, 0.3) is 0 Å². The number of carbonyl (C=O) groups is 1. The summed E-state index contributed by atoms with van der Waals surface area (Å²) >= 11 is 0. The quantitative estimate of drug-likeness (QED) is 0.574. The highest BCUT2D eigenvalue weighted by molar-refractivity contribution is 7.89. The molecule has 0 fully saturated rings. The molecule has 5 N–H and O–H groups in total. The Hall–Kier alpha value is -2.42. The van der Waals surface area contributed by atoms with Crippen molar-refractivity contribution in [3.63, 3.8) is 0 Å². The van der Waals surface area contributed by atoms with Gasteiger partial charge in [0.05, 0.1) is 11.5 Å². The van der Waals surface area contributed by atoms with Crippen LogP contribution in [0.4, 0.5) is 5.69 Å². The number of nitrogens with two attached hydrogens (primary N) is 1. The van der Waals surface area contributed by atoms with E-state index in [2.05, 4.69) is 0 Å². The maximum Gasteiger partial charge on any atom is 0.324 e. The van der Waals surface area contributed by atoms with E-state index >= 15 is 0 Å². The molecule has 0 saturated carbocycles. The lowest BCUT2D eigenvalue weighted by Crippen LogP contribution is -2.43. The Bertz CT molecular complexity index is 847. The van der Waals surface area contributed by atoms with Gasteiger partial charge < -0.3 is 15.9 Å². The van der Waals surface area contributed by atoms with Gasteiger partial charge in [-0.15, -0.1) is 0 Å². The summed E-state index contributed by atoms with van der Waals surface area (Å²) in [6, 6.07) is 9.83. The summed E-state index contributed by atoms with van der Waals surface area (Å²) in [6.07, 6.45) is 0. The van der Waals surface area contributed by atoms with Crippen molar-refractivity contribution in [1.29, 1.82) is 0 Å². The first-order valence-corrected chi connectivity index (χ1v) is 8.55. The number of rotatable bonds is 6. The highest BCUT2D eigenvalue weighted by Crippen LogP contribution is 2.26. The molecule has 128 valence electrons. The average molecular weight is 350 g/mol. The topological polar surface area (TPSA) is 130 Å². The molecule has 0 saturated heterocycles. The van der Waals surface area contributed by atoms with Gasteiger partial charge in [-0.2, -0.15) is 4.72 Å². The zero-order chi connectivity index (χ0) is 17.9. The van der Waals surface area contributed by atoms with Crippen LogP contribution >= 0.6 is 0 Å². The minimum absolute atomic E-state index is 0.0903. The van der Waals surface area contributed by atoms with E-state index in [9.17, 15) is 13.2 Å². The fraction of sp³-hybridized carbons (Fsp3) is 0.188. The van der Waals surface area contributed by atoms with Crippen molar-refractivity contribution < 1.29 is 23.4 Å². The van der Waals surface area contributed by atoms with E-state index in [1.807, 2.05) is 17.7 Å². The monoisotopic (exact) mass is 350 g/mol. The number of nitrogens with one attached hydrogen (secondary N) is 1. The molecule has 0 bridgehead atoms. The molecule has 1 atom stereocenters. The summed E-state index contributed by atoms with van der Waals surface area (Å²) in [6.45, 7) is 1.08. The summed E-state index contributed by atoms with van der Waals surface area (Å²) in [5.41, 5.74) is 9.03. The van der Waals surface area contributed by atoms with Crippen molar-refractivity contribution in [2.45, 2.75) is 17.9 Å². The van der Waals surface area contributed by atoms with Crippen LogP contribution in [0, 0.1) is 6.92 Å². The zero-order valence-electron chi connectivity index (χ0n) is 12.9. The summed E-state index contributed by atoms with van der Waals surface area (Å²) in [5.74, 6) is -1.45. The van der Waals surface area contributed by atoms with Gasteiger partial charge in [0.15, 0.2) is 0 Å². The molecule has 0 aliphatic heterocycles. The second-order valence-corrected chi connectivity index (χ2v) is 7.01. The van der Waals surface area contributed by atoms with Gasteiger partial charge in [-0.3, -0.25) is 4.79 Å². The van der Waals surface area contributed by atoms with Crippen molar-refractivity contribution in [2.24, 2.45) is 0 Å². The molecular formula is C16H18N2O5S. The summed E-state index contributed by atoms with van der Waals surface area (Å²) in [5, 5.41) is 17.8. The molecule has 0 aromatic heterocycles. The van der Waals surface area contributed by atoms with E-state index in [1.165, 1.54) is 12.1 Å². The molecule has 8 heteroatoms. The number of benzene rings is 2. The van der Waals surface area contributed by atoms with Crippen LogP contribution in [0.5, 0.6) is 0 Å². The molecule has 2 aromatic rings. The lowest BCUT2D eigenvalue weighted by atomic mass is 10.0. The van der Waals surface area contributed by atoms with Gasteiger partial charge >= 0.3 is 5.97 Å². The Morgan fingerprint density at radius 3 is 2.38 bits per heavy atom. The van der Waals surface area contributed by atoms with Crippen LogP contribution in [-0.4, -0.2) is 37.2 Å². The van der Waals surface area contributed by atoms with Crippen LogP contribution in [0.1, 0.15) is 5.56 Å². The molecule has 0 aliphatic rings. The van der Waals surface area contributed by atoms with Crippen LogP contribution in [0.3, 0.4) is 0 Å². The number of anilines is 1. The smallest absolute Gasteiger partial charge is 0.324 e. The molecular weight excluding hydrogens is 332 g/mol. The fourth-order valence-corrected chi connectivity index (χ4v) is 3.37. The van der Waals surface area contributed by atoms with Gasteiger partial charge in [0.1, 0.15) is 6.04 Å². The van der Waals surface area contributed by atoms with Crippen LogP contribution in [-0.2, 0) is 14.8 Å². The summed E-state index contributed by atoms with van der Waals surface area (Å²) < 4.78 is 26.3. The molecule has 0 heterocycles. The van der Waals surface area contributed by atoms with E-state index < -0.39 is 28.6 Å². The number of aliphatic carboxylic acids is 1. The average Bonchev–Trinajstić information content (AvgIpc) is 2.55. The first kappa shape index (κ1) is 17.9. The minimum Gasteiger partial charge on any atom is -0.480 e. The predicted octanol–water partition coefficient (Wildman–Crippen LogP) is 0.968. The highest BCUT2D eigenvalue weighted by atomic mass is 32.2. The van der Waals surface area contributed by atoms with Crippen LogP contribution < -0.4 is 10.5 Å². The molecule has 0 aliphatic carbocycles. The fourth-order valence-electron chi connectivity index (χ4n) is 2.19. The number of sulfonamides is 1. The third-order valence-corrected chi connectivity index (χ3v) is 5.00. The zero-order valence-corrected chi connectivity index (χ0v) is 13.7. The number of hydrogen-bond acceptors (Lipinski definition) is 5. The maximum absolute atomic E-state index is 12.2. The number of nitrogen functional groups attached to an aromatic ring is 1. The van der Waals surface area contributed by atoms with E-state index in [4.69, 9.17) is 15.9 Å². The minimum atomic E-state index is -4.05. The molecule has 0 spiro atoms. The number of aliphatic hydroxyl groups excluding tert-OH is 1. The number of carboxylic acid groups (broad SMARTS) is 1. The van der Waals surface area contributed by atoms with E-state index in [0.717, 1.165) is 16.7 Å². The summed E-state index contributed by atoms with van der Waals surface area (Å²) in [4.78, 5) is 10.8. The molecule has 2 rings (SSSR count). The summed E-state index contributed by atoms with van der Waals surface area (Å²) in [7, 11) is -4.05. The third-order valence-electron chi connectivity index (χ3n) is 3.52. The van der Waals surface area contributed by atoms with Crippen molar-refractivity contribution >= 4 is 21.7 Å². The Morgan fingerprint density at radius 1 is 1.21 bits per heavy atom. The molecule has 0 radical (unpaired) electrons. The second-order valence-electron chi connectivity index (χ2n) is 5.29. The van der Waals surface area contributed by atoms with Gasteiger partial charge in [-0.05, 0) is 47.9 Å². The number of carboxylic acids is 1. The SMILES string of the molecule is Cc1ccc(N)cc1-c1ccc(S(=O)(=O)NC(CO)C(=O)O)cc1. The lowest BCUT2D eigenvalue weighted by Gasteiger charge is -2.13. The third kappa shape index (κ3) is 3.91. The highest BCUT2D eigenvalue weighted by Gasteiger charge is 2.24. The maximum atomic E-state index is 12.2. The number of aliphatic hydroxyl groups is 1. The molecule has 7 nitrogen and oxygen atoms in total. The van der Waals surface area contributed by atoms with Gasteiger partial charge in [0, 0.05) is 5.69 Å². The molecule has 2 aromatic carbocycles. The van der Waals surface area contributed by atoms with Gasteiger partial charge in [-0.1, -0.05) is 18.2 Å². The van der Waals surface area contributed by atoms with Crippen LogP contribution in [0.15, 0.2) is 47.4 Å². The van der Waals surface area contributed by atoms with Crippen molar-refractivity contribution in [3.8, 4) is 11.1 Å². The molecule has 1 unspecified atom stereocenters. The lowest BCUT2D eigenvalue weighted by molar-refractivity contribution is -0.139. The Kier molecular flexibility index (Phi) is 5.23. The Balaban J connectivity index is 2.32. The normalized spacial score (nSPS) is 12.8. The van der Waals surface area contributed by atoms with Gasteiger partial charge in [-0.25, -0.2) is 8.42 Å². The van der Waals surface area contributed by atoms with Crippen molar-refractivity contribution in [3.05, 3.63) is 48.0 Å². The van der Waals surface area contributed by atoms with Crippen LogP contribution in [0.2, 0.25) is 0 Å². The number of aryl methyl sites for hydroxylation is 1. The standard InChI is InChI=1S/C16H18N2O5S/c1-10-2-5-12(17)8-14(10)11-3-6-13(7-4-11)24(22,23)18-15(9-19)16(20)21/h2-8,15,18-19H,9,17H2,1H3,(H,20,21). The van der Waals surface area contributed by atoms with E-state index in [0.29, 0.717) is 5.69 Å². The van der Waals surface area contributed by atoms with Gasteiger partial charge in [0.2, 0.25) is 10.0 Å². The second kappa shape index (κ2) is 7.00. The molecule has 24 heavy (non-hydrogen) atoms. The largest absolute Gasteiger partial charge is 0.480 e. The molecule has 0 amide bonds. The first-order chi connectivity index (χ1) is 11.2. The predicted molar refractivity (Wildman–Crippen MR) is 89.9 cm³/mol. The van der Waals surface area contributed by atoms with Crippen LogP contribution in [0.25, 0.3) is 11.1 Å². The van der Waals surface area contributed by atoms with E-state index in [1.54, 1.807) is 24.3 Å². The van der Waals surface area contributed by atoms with Crippen molar-refractivity contribution in [1.82, 2.24) is 4.72 Å². The van der Waals surface area contributed by atoms with Crippen molar-refractivity contribution in [2.75, 3.05) is 12.3 Å². The first-order valence-electron chi connectivity index (χ1n) is 7.07. The Labute approximate surface area is 139 Å². The number of hydrogen-bond donors (Lipinski definition) is 4. The Morgan fingerprint density at radius 2 is 1.83 bits per heavy atom.